The van der Waals surface area contributed by atoms with Gasteiger partial charge in [0.2, 0.25) is 0 Å². The van der Waals surface area contributed by atoms with E-state index in [0.29, 0.717) is 0 Å². The number of hydrogen-bond donors (Lipinski definition) is 1. The maximum Gasteiger partial charge on any atom is 0.110 e. The van der Waals surface area contributed by atoms with E-state index in [4.69, 9.17) is 4.42 Å². The Balaban J connectivity index is 2.07. The van der Waals surface area contributed by atoms with Gasteiger partial charge in [-0.1, -0.05) is 5.21 Å². The topological polar surface area (TPSA) is 55.9 Å². The van der Waals surface area contributed by atoms with Crippen LogP contribution in [0.5, 0.6) is 0 Å². The van der Waals surface area contributed by atoms with Crippen molar-refractivity contribution in [2.75, 3.05) is 6.54 Å². The lowest BCUT2D eigenvalue weighted by Crippen LogP contribution is -2.31. The average molecular weight is 204 g/mol. The van der Waals surface area contributed by atoms with E-state index in [-0.39, 0.29) is 6.04 Å². The molecule has 2 aromatic heterocycles. The largest absolute Gasteiger partial charge is 0.469 e. The molecular formula is C10H12N4O. The van der Waals surface area contributed by atoms with Gasteiger partial charge in [-0.15, -0.1) is 5.10 Å². The van der Waals surface area contributed by atoms with Gasteiger partial charge in [0, 0.05) is 25.6 Å². The van der Waals surface area contributed by atoms with Crippen LogP contribution in [-0.4, -0.2) is 21.5 Å². The maximum atomic E-state index is 5.43. The Morgan fingerprint density at radius 2 is 2.53 bits per heavy atom. The van der Waals surface area contributed by atoms with E-state index in [0.717, 1.165) is 24.4 Å². The van der Waals surface area contributed by atoms with Gasteiger partial charge >= 0.3 is 0 Å². The molecular weight excluding hydrogens is 192 g/mol. The zero-order valence-corrected chi connectivity index (χ0v) is 8.47. The van der Waals surface area contributed by atoms with Crippen molar-refractivity contribution in [2.24, 2.45) is 7.05 Å². The Hall–Kier alpha value is -1.62. The van der Waals surface area contributed by atoms with E-state index < -0.39 is 0 Å². The van der Waals surface area contributed by atoms with Gasteiger partial charge in [0.25, 0.3) is 0 Å². The minimum Gasteiger partial charge on any atom is -0.469 e. The van der Waals surface area contributed by atoms with Crippen molar-refractivity contribution in [2.45, 2.75) is 12.5 Å². The highest BCUT2D eigenvalue weighted by Gasteiger charge is 2.25. The highest BCUT2D eigenvalue weighted by molar-refractivity contribution is 5.31. The molecule has 1 aliphatic rings. The first-order valence-electron chi connectivity index (χ1n) is 5.00. The second-order valence-corrected chi connectivity index (χ2v) is 3.72. The summed E-state index contributed by atoms with van der Waals surface area (Å²) in [6.07, 6.45) is 4.48. The van der Waals surface area contributed by atoms with Gasteiger partial charge in [0.15, 0.2) is 0 Å². The first-order valence-corrected chi connectivity index (χ1v) is 5.00. The molecule has 1 unspecified atom stereocenters. The molecule has 0 saturated carbocycles. The van der Waals surface area contributed by atoms with Crippen LogP contribution in [0.4, 0.5) is 0 Å². The van der Waals surface area contributed by atoms with Gasteiger partial charge in [-0.2, -0.15) is 0 Å². The van der Waals surface area contributed by atoms with Crippen LogP contribution >= 0.6 is 0 Å². The monoisotopic (exact) mass is 204 g/mol. The molecule has 1 atom stereocenters. The predicted molar refractivity (Wildman–Crippen MR) is 53.3 cm³/mol. The fourth-order valence-electron chi connectivity index (χ4n) is 2.07. The number of fused-ring (bicyclic) bond motifs is 1. The van der Waals surface area contributed by atoms with Crippen molar-refractivity contribution in [3.63, 3.8) is 0 Å². The van der Waals surface area contributed by atoms with Crippen LogP contribution in [0.1, 0.15) is 23.1 Å². The fourth-order valence-corrected chi connectivity index (χ4v) is 2.07. The minimum atomic E-state index is 0.160. The van der Waals surface area contributed by atoms with E-state index in [2.05, 4.69) is 15.6 Å². The second-order valence-electron chi connectivity index (χ2n) is 3.72. The Labute approximate surface area is 87.1 Å². The first-order chi connectivity index (χ1) is 7.36. The number of nitrogens with one attached hydrogen (secondary N) is 1. The van der Waals surface area contributed by atoms with Gasteiger partial charge in [-0.3, -0.25) is 4.68 Å². The first kappa shape index (κ1) is 8.67. The highest BCUT2D eigenvalue weighted by Crippen LogP contribution is 2.28. The lowest BCUT2D eigenvalue weighted by molar-refractivity contribution is 0.446. The van der Waals surface area contributed by atoms with Gasteiger partial charge in [0.1, 0.15) is 5.76 Å². The second kappa shape index (κ2) is 3.20. The summed E-state index contributed by atoms with van der Waals surface area (Å²) in [6.45, 7) is 0.927. The number of aryl methyl sites for hydroxylation is 1. The molecule has 1 N–H and O–H groups in total. The van der Waals surface area contributed by atoms with Crippen molar-refractivity contribution in [1.29, 1.82) is 0 Å². The van der Waals surface area contributed by atoms with E-state index >= 15 is 0 Å². The molecule has 0 aromatic carbocycles. The summed E-state index contributed by atoms with van der Waals surface area (Å²) in [5.41, 5.74) is 2.27. The molecule has 5 nitrogen and oxygen atoms in total. The van der Waals surface area contributed by atoms with Crippen LogP contribution in [0.2, 0.25) is 0 Å². The van der Waals surface area contributed by atoms with Gasteiger partial charge < -0.3 is 9.73 Å². The molecule has 15 heavy (non-hydrogen) atoms. The number of rotatable bonds is 1. The molecule has 0 spiro atoms. The number of furan rings is 1. The summed E-state index contributed by atoms with van der Waals surface area (Å²) < 4.78 is 7.23. The predicted octanol–water partition coefficient (Wildman–Crippen LogP) is 0.643. The van der Waals surface area contributed by atoms with Gasteiger partial charge in [0.05, 0.1) is 24.2 Å². The van der Waals surface area contributed by atoms with Gasteiger partial charge in [-0.25, -0.2) is 0 Å². The molecule has 3 rings (SSSR count). The van der Waals surface area contributed by atoms with Crippen LogP contribution in [0, 0.1) is 0 Å². The SMILES string of the molecule is Cn1nncc1C1NCCc2occc21. The Morgan fingerprint density at radius 3 is 3.33 bits per heavy atom. The third kappa shape index (κ3) is 1.27. The van der Waals surface area contributed by atoms with Crippen LogP contribution in [-0.2, 0) is 13.5 Å². The number of nitrogens with zero attached hydrogens (tertiary/aromatic N) is 3. The van der Waals surface area contributed by atoms with Crippen LogP contribution in [0.25, 0.3) is 0 Å². The lowest BCUT2D eigenvalue weighted by Gasteiger charge is -2.22. The van der Waals surface area contributed by atoms with Crippen molar-refractivity contribution in [1.82, 2.24) is 20.3 Å². The Bertz CT molecular complexity index is 473. The highest BCUT2D eigenvalue weighted by atomic mass is 16.3. The molecule has 0 amide bonds. The average Bonchev–Trinajstić information content (AvgIpc) is 2.85. The number of hydrogen-bond acceptors (Lipinski definition) is 4. The van der Waals surface area contributed by atoms with Crippen molar-refractivity contribution < 1.29 is 4.42 Å². The normalized spacial score (nSPS) is 20.2. The molecule has 5 heteroatoms. The van der Waals surface area contributed by atoms with Crippen LogP contribution in [0.15, 0.2) is 22.9 Å². The Morgan fingerprint density at radius 1 is 1.60 bits per heavy atom. The smallest absolute Gasteiger partial charge is 0.110 e. The van der Waals surface area contributed by atoms with Gasteiger partial charge in [-0.05, 0) is 6.07 Å². The molecule has 78 valence electrons. The summed E-state index contributed by atoms with van der Waals surface area (Å²) in [4.78, 5) is 0. The van der Waals surface area contributed by atoms with Crippen molar-refractivity contribution >= 4 is 0 Å². The summed E-state index contributed by atoms with van der Waals surface area (Å²) >= 11 is 0. The minimum absolute atomic E-state index is 0.160. The molecule has 0 aliphatic carbocycles. The molecule has 0 fully saturated rings. The van der Waals surface area contributed by atoms with Crippen LogP contribution < -0.4 is 5.32 Å². The summed E-state index contributed by atoms with van der Waals surface area (Å²) in [5.74, 6) is 1.07. The zero-order valence-electron chi connectivity index (χ0n) is 8.47. The van der Waals surface area contributed by atoms with E-state index in [1.165, 1.54) is 5.56 Å². The summed E-state index contributed by atoms with van der Waals surface area (Å²) in [5, 5.41) is 11.3. The molecule has 0 saturated heterocycles. The Kier molecular flexibility index (Phi) is 1.85. The van der Waals surface area contributed by atoms with Crippen molar-refractivity contribution in [3.8, 4) is 0 Å². The third-order valence-corrected chi connectivity index (χ3v) is 2.84. The fraction of sp³-hybridized carbons (Fsp3) is 0.400. The molecule has 0 bridgehead atoms. The molecule has 3 heterocycles. The van der Waals surface area contributed by atoms with E-state index in [1.54, 1.807) is 17.1 Å². The quantitative estimate of drug-likeness (QED) is 0.740. The lowest BCUT2D eigenvalue weighted by atomic mass is 9.99. The molecule has 0 radical (unpaired) electrons. The summed E-state index contributed by atoms with van der Waals surface area (Å²) in [6, 6.07) is 2.17. The molecule has 1 aliphatic heterocycles. The summed E-state index contributed by atoms with van der Waals surface area (Å²) in [7, 11) is 1.90. The van der Waals surface area contributed by atoms with E-state index in [9.17, 15) is 0 Å². The molecule has 2 aromatic rings. The standard InChI is InChI=1S/C10H12N4O/c1-14-8(6-12-13-14)10-7-3-5-15-9(7)2-4-11-10/h3,5-6,10-11H,2,4H2,1H3. The number of aromatic nitrogens is 3. The van der Waals surface area contributed by atoms with Crippen molar-refractivity contribution in [3.05, 3.63) is 35.5 Å². The van der Waals surface area contributed by atoms with Crippen LogP contribution in [0.3, 0.4) is 0 Å². The zero-order chi connectivity index (χ0) is 10.3. The third-order valence-electron chi connectivity index (χ3n) is 2.84. The van der Waals surface area contributed by atoms with E-state index in [1.807, 2.05) is 13.1 Å². The maximum absolute atomic E-state index is 5.43.